The first-order chi connectivity index (χ1) is 23.9. The molecule has 6 nitrogen and oxygen atoms in total. The molecule has 6 rings (SSSR count). The Hall–Kier alpha value is -2.95. The van der Waals surface area contributed by atoms with Gasteiger partial charge in [0, 0.05) is 26.4 Å². The van der Waals surface area contributed by atoms with Crippen molar-refractivity contribution >= 4 is 48.4 Å². The summed E-state index contributed by atoms with van der Waals surface area (Å²) in [5.41, 5.74) is 7.78. The maximum absolute atomic E-state index is 6.66. The van der Waals surface area contributed by atoms with Gasteiger partial charge in [-0.2, -0.15) is 0 Å². The van der Waals surface area contributed by atoms with Crippen molar-refractivity contribution in [1.29, 1.82) is 0 Å². The summed E-state index contributed by atoms with van der Waals surface area (Å²) in [7, 11) is 0. The van der Waals surface area contributed by atoms with E-state index in [1.54, 1.807) is 0 Å². The summed E-state index contributed by atoms with van der Waals surface area (Å²) < 4.78 is 23.2. The van der Waals surface area contributed by atoms with Crippen molar-refractivity contribution in [3.05, 3.63) is 83.2 Å². The molecule has 0 radical (unpaired) electrons. The molecule has 274 valence electrons. The quantitative estimate of drug-likeness (QED) is 0.169. The van der Waals surface area contributed by atoms with Gasteiger partial charge in [0.15, 0.2) is 0 Å². The number of hydrogen-bond acceptors (Lipinski definition) is 6. The topological polar surface area (TPSA) is 70.5 Å². The van der Waals surface area contributed by atoms with E-state index >= 15 is 0 Å². The van der Waals surface area contributed by atoms with Crippen LogP contribution in [0.3, 0.4) is 0 Å². The van der Waals surface area contributed by atoms with Crippen LogP contribution in [0.4, 0.5) is 0 Å². The molecule has 4 aromatic rings. The molecule has 7 heteroatoms. The molecule has 0 bridgehead atoms. The SMILES string of the molecule is C1CCOC1.C1CCOC1.CC(C)(C)c1cc(C(C)(C)C)c2[o][Al+][o]c3c(C(C)(C)C)cc(C(C)(C)C)cc3cnc3ccccc3ncc2c1. The molecule has 2 saturated heterocycles. The molecular weight excluding hydrogens is 647 g/mol. The van der Waals surface area contributed by atoms with Gasteiger partial charge in [0.2, 0.25) is 0 Å². The summed E-state index contributed by atoms with van der Waals surface area (Å²) in [6.07, 6.45) is 8.97. The van der Waals surface area contributed by atoms with Crippen LogP contribution in [0.15, 0.2) is 67.8 Å². The van der Waals surface area contributed by atoms with E-state index in [2.05, 4.69) is 107 Å². The number of benzene rings is 3. The van der Waals surface area contributed by atoms with E-state index in [1.165, 1.54) is 36.8 Å². The summed E-state index contributed by atoms with van der Waals surface area (Å²) >= 11 is -0.860. The van der Waals surface area contributed by atoms with E-state index in [0.29, 0.717) is 0 Å². The van der Waals surface area contributed by atoms with Gasteiger partial charge in [0.05, 0.1) is 0 Å². The van der Waals surface area contributed by atoms with E-state index in [0.717, 1.165) is 70.5 Å². The normalized spacial score (nSPS) is 15.0. The first-order valence-electron chi connectivity index (χ1n) is 18.7. The van der Waals surface area contributed by atoms with Gasteiger partial charge in [-0.05, 0) is 25.7 Å². The predicted molar refractivity (Wildman–Crippen MR) is 215 cm³/mol. The van der Waals surface area contributed by atoms with Crippen molar-refractivity contribution in [2.24, 2.45) is 0 Å². The molecule has 0 spiro atoms. The molecule has 0 N–H and O–H groups in total. The zero-order chi connectivity index (χ0) is 37.5. The number of fused-ring (bicyclic) bond motifs is 3. The second-order valence-electron chi connectivity index (χ2n) is 17.9. The van der Waals surface area contributed by atoms with Gasteiger partial charge in [-0.15, -0.1) is 0 Å². The van der Waals surface area contributed by atoms with Crippen molar-refractivity contribution in [2.75, 3.05) is 26.4 Å². The van der Waals surface area contributed by atoms with Crippen LogP contribution in [0.5, 0.6) is 0 Å². The van der Waals surface area contributed by atoms with Crippen molar-refractivity contribution in [3.8, 4) is 0 Å². The van der Waals surface area contributed by atoms with Gasteiger partial charge in [-0.3, -0.25) is 0 Å². The molecule has 2 fully saturated rings. The summed E-state index contributed by atoms with van der Waals surface area (Å²) in [5, 5.41) is 1.91. The monoisotopic (exact) mass is 709 g/mol. The molecule has 0 unspecified atom stereocenters. The number of aromatic nitrogens is 2. The van der Waals surface area contributed by atoms with Gasteiger partial charge in [0.25, 0.3) is 0 Å². The molecular formula is C44H62AlN2O4+. The Morgan fingerprint density at radius 2 is 0.843 bits per heavy atom. The summed E-state index contributed by atoms with van der Waals surface area (Å²) in [4.78, 5) is 9.92. The Bertz CT molecular complexity index is 1740. The Labute approximate surface area is 313 Å². The number of hydrogen-bond donors (Lipinski definition) is 0. The van der Waals surface area contributed by atoms with Gasteiger partial charge in [-0.1, -0.05) is 0 Å². The third-order valence-electron chi connectivity index (χ3n) is 9.14. The average Bonchev–Trinajstić information content (AvgIpc) is 3.81. The van der Waals surface area contributed by atoms with Crippen LogP contribution >= 0.6 is 0 Å². The van der Waals surface area contributed by atoms with E-state index in [-0.39, 0.29) is 21.7 Å². The second kappa shape index (κ2) is 17.3. The van der Waals surface area contributed by atoms with Crippen molar-refractivity contribution < 1.29 is 16.4 Å². The summed E-state index contributed by atoms with van der Waals surface area (Å²) in [6.45, 7) is 30.9. The van der Waals surface area contributed by atoms with Crippen molar-refractivity contribution in [3.63, 3.8) is 0 Å². The van der Waals surface area contributed by atoms with Crippen LogP contribution in [0, 0.1) is 0 Å². The fourth-order valence-corrected chi connectivity index (χ4v) is 6.61. The van der Waals surface area contributed by atoms with E-state index in [4.69, 9.17) is 26.3 Å². The molecule has 0 amide bonds. The van der Waals surface area contributed by atoms with Crippen LogP contribution in [0.1, 0.15) is 131 Å². The Balaban J connectivity index is 0.000000499. The van der Waals surface area contributed by atoms with Gasteiger partial charge >= 0.3 is 253 Å². The first-order valence-corrected chi connectivity index (χ1v) is 19.7. The van der Waals surface area contributed by atoms with Crippen molar-refractivity contribution in [1.82, 2.24) is 9.97 Å². The summed E-state index contributed by atoms with van der Waals surface area (Å²) in [5.74, 6) is 0. The predicted octanol–water partition coefficient (Wildman–Crippen LogP) is 11.8. The number of ether oxygens (including phenoxy) is 2. The molecule has 2 aliphatic heterocycles. The van der Waals surface area contributed by atoms with E-state index in [1.807, 2.05) is 36.7 Å². The van der Waals surface area contributed by atoms with Crippen LogP contribution < -0.4 is 0 Å². The van der Waals surface area contributed by atoms with Gasteiger partial charge in [-0.25, -0.2) is 0 Å². The molecule has 3 aromatic carbocycles. The number of nitrogens with zero attached hydrogens (tertiary/aromatic N) is 2. The van der Waals surface area contributed by atoms with Gasteiger partial charge in [0.1, 0.15) is 0 Å². The zero-order valence-electron chi connectivity index (χ0n) is 33.5. The minimum atomic E-state index is -0.860. The van der Waals surface area contributed by atoms with Crippen LogP contribution in [-0.4, -0.2) is 51.9 Å². The van der Waals surface area contributed by atoms with Crippen LogP contribution in [0.2, 0.25) is 0 Å². The fourth-order valence-electron chi connectivity index (χ4n) is 5.84. The maximum atomic E-state index is 6.66. The third kappa shape index (κ3) is 11.8. The number of para-hydroxylation sites is 2. The van der Waals surface area contributed by atoms with Gasteiger partial charge < -0.3 is 9.47 Å². The molecule has 3 heterocycles. The Morgan fingerprint density at radius 1 is 0.490 bits per heavy atom. The fraction of sp³-hybridized carbons (Fsp3) is 0.545. The Kier molecular flexibility index (Phi) is 13.8. The van der Waals surface area contributed by atoms with E-state index in [9.17, 15) is 0 Å². The second-order valence-corrected chi connectivity index (χ2v) is 18.5. The molecule has 0 saturated carbocycles. The molecule has 1 aromatic heterocycles. The Morgan fingerprint density at radius 3 is 1.12 bits per heavy atom. The van der Waals surface area contributed by atoms with Crippen LogP contribution in [0.25, 0.3) is 33.0 Å². The number of rotatable bonds is 0. The third-order valence-corrected chi connectivity index (χ3v) is 9.80. The van der Waals surface area contributed by atoms with Crippen LogP contribution in [-0.2, 0) is 31.1 Å². The minimum absolute atomic E-state index is 0.0269. The summed E-state index contributed by atoms with van der Waals surface area (Å²) in [6, 6.07) is 17.0. The molecule has 0 aliphatic carbocycles. The standard InChI is InChI=1S/C36H48N2O2.2C4H8O.Al/c1-33(2,3)25-17-23(31(39)27(19-25)35(7,8)9)21-37-29-15-13-14-16-30(29)38-22-24-18-26(34(4,5)6)20-28(32(24)40)36(10,11)12;2*1-2-4-5-3-1;/h13-22,39-40H,1-12H3;2*1-4H2;/q;;;+3/p-2. The molecule has 51 heavy (non-hydrogen) atoms. The molecule has 0 atom stereocenters. The first kappa shape index (κ1) is 40.8. The van der Waals surface area contributed by atoms with Crippen molar-refractivity contribution in [2.45, 2.75) is 130 Å². The average molecular weight is 710 g/mol. The zero-order valence-corrected chi connectivity index (χ0v) is 34.7. The van der Waals surface area contributed by atoms with E-state index < -0.39 is 15.5 Å². The molecule has 2 aliphatic rings.